The number of carbonyl (C=O) groups excluding carboxylic acids is 1. The van der Waals surface area contributed by atoms with Crippen LogP contribution in [0.2, 0.25) is 0 Å². The van der Waals surface area contributed by atoms with Gasteiger partial charge in [0.15, 0.2) is 0 Å². The van der Waals surface area contributed by atoms with Crippen molar-refractivity contribution in [2.24, 2.45) is 0 Å². The Morgan fingerprint density at radius 3 is 2.48 bits per heavy atom. The van der Waals surface area contributed by atoms with Crippen molar-refractivity contribution >= 4 is 16.8 Å². The number of aromatic nitrogens is 1. The molecule has 1 amide bonds. The quantitative estimate of drug-likeness (QED) is 0.875. The van der Waals surface area contributed by atoms with E-state index in [2.05, 4.69) is 30.7 Å². The lowest BCUT2D eigenvalue weighted by Gasteiger charge is -2.42. The van der Waals surface area contributed by atoms with Gasteiger partial charge in [0, 0.05) is 54.4 Å². The number of H-pyrrole nitrogens is 1. The van der Waals surface area contributed by atoms with E-state index in [9.17, 15) is 4.79 Å². The molecule has 4 nitrogen and oxygen atoms in total. The summed E-state index contributed by atoms with van der Waals surface area (Å²) in [6, 6.07) is 7.87. The summed E-state index contributed by atoms with van der Waals surface area (Å²) < 4.78 is 0. The Bertz CT molecular complexity index is 645. The predicted octanol–water partition coefficient (Wildman–Crippen LogP) is 2.72. The first-order valence-electron chi connectivity index (χ1n) is 7.56. The number of hydrogen-bond acceptors (Lipinski definition) is 2. The molecule has 1 aromatic carbocycles. The predicted molar refractivity (Wildman–Crippen MR) is 85.5 cm³/mol. The largest absolute Gasteiger partial charge is 0.361 e. The summed E-state index contributed by atoms with van der Waals surface area (Å²) in [6.07, 6.45) is 1.90. The molecule has 21 heavy (non-hydrogen) atoms. The van der Waals surface area contributed by atoms with Crippen LogP contribution in [0.1, 0.15) is 31.1 Å². The molecule has 2 aromatic rings. The number of benzene rings is 1. The first kappa shape index (κ1) is 14.1. The summed E-state index contributed by atoms with van der Waals surface area (Å²) in [6.45, 7) is 10.2. The molecule has 1 N–H and O–H groups in total. The zero-order valence-corrected chi connectivity index (χ0v) is 13.0. The van der Waals surface area contributed by atoms with Crippen molar-refractivity contribution in [1.82, 2.24) is 14.8 Å². The zero-order chi connectivity index (χ0) is 15.0. The van der Waals surface area contributed by atoms with Gasteiger partial charge in [0.25, 0.3) is 5.91 Å². The average molecular weight is 285 g/mol. The van der Waals surface area contributed by atoms with Crippen molar-refractivity contribution in [2.45, 2.75) is 26.3 Å². The van der Waals surface area contributed by atoms with E-state index in [0.717, 1.165) is 42.6 Å². The van der Waals surface area contributed by atoms with Gasteiger partial charge < -0.3 is 9.88 Å². The van der Waals surface area contributed by atoms with Crippen LogP contribution >= 0.6 is 0 Å². The van der Waals surface area contributed by atoms with Crippen LogP contribution < -0.4 is 0 Å². The molecular weight excluding hydrogens is 262 g/mol. The maximum absolute atomic E-state index is 12.6. The number of aromatic amines is 1. The van der Waals surface area contributed by atoms with Gasteiger partial charge >= 0.3 is 0 Å². The maximum Gasteiger partial charge on any atom is 0.253 e. The minimum Gasteiger partial charge on any atom is -0.361 e. The molecule has 0 unspecified atom stereocenters. The molecule has 1 fully saturated rings. The monoisotopic (exact) mass is 285 g/mol. The second-order valence-corrected chi connectivity index (χ2v) is 6.73. The summed E-state index contributed by atoms with van der Waals surface area (Å²) in [7, 11) is 0. The molecule has 1 aromatic heterocycles. The van der Waals surface area contributed by atoms with Crippen molar-refractivity contribution in [3.63, 3.8) is 0 Å². The van der Waals surface area contributed by atoms with Crippen LogP contribution in [-0.4, -0.2) is 52.4 Å². The number of nitrogens with one attached hydrogen (secondary N) is 1. The van der Waals surface area contributed by atoms with Gasteiger partial charge in [-0.1, -0.05) is 0 Å². The Kier molecular flexibility index (Phi) is 3.49. The van der Waals surface area contributed by atoms with Crippen LogP contribution in [0.25, 0.3) is 10.9 Å². The Labute approximate surface area is 125 Å². The minimum atomic E-state index is 0.145. The van der Waals surface area contributed by atoms with E-state index >= 15 is 0 Å². The molecule has 0 aliphatic carbocycles. The smallest absolute Gasteiger partial charge is 0.253 e. The number of amides is 1. The number of nitrogens with zero attached hydrogens (tertiary/aromatic N) is 2. The van der Waals surface area contributed by atoms with Crippen LogP contribution in [0, 0.1) is 0 Å². The average Bonchev–Trinajstić information content (AvgIpc) is 2.93. The van der Waals surface area contributed by atoms with Crippen molar-refractivity contribution in [3.05, 3.63) is 36.0 Å². The Morgan fingerprint density at radius 1 is 1.10 bits per heavy atom. The molecule has 0 bridgehead atoms. The Morgan fingerprint density at radius 2 is 1.81 bits per heavy atom. The van der Waals surface area contributed by atoms with Crippen LogP contribution in [0.3, 0.4) is 0 Å². The fraction of sp³-hybridized carbons (Fsp3) is 0.471. The summed E-state index contributed by atoms with van der Waals surface area (Å²) >= 11 is 0. The molecule has 0 saturated carbocycles. The molecule has 3 rings (SSSR count). The molecule has 0 radical (unpaired) electrons. The van der Waals surface area contributed by atoms with Crippen LogP contribution in [0.15, 0.2) is 30.5 Å². The third-order valence-corrected chi connectivity index (χ3v) is 4.32. The lowest BCUT2D eigenvalue weighted by molar-refractivity contribution is 0.0451. The van der Waals surface area contributed by atoms with Gasteiger partial charge in [-0.25, -0.2) is 0 Å². The Hall–Kier alpha value is -1.81. The number of piperazine rings is 1. The third kappa shape index (κ3) is 2.81. The lowest BCUT2D eigenvalue weighted by atomic mass is 10.0. The fourth-order valence-electron chi connectivity index (χ4n) is 2.95. The zero-order valence-electron chi connectivity index (χ0n) is 13.0. The van der Waals surface area contributed by atoms with Crippen molar-refractivity contribution < 1.29 is 4.79 Å². The first-order chi connectivity index (χ1) is 9.95. The SMILES string of the molecule is CC(C)(C)N1CCN(C(=O)c2ccc3[nH]ccc3c2)CC1. The highest BCUT2D eigenvalue weighted by atomic mass is 16.2. The summed E-state index contributed by atoms with van der Waals surface area (Å²) in [5.74, 6) is 0.145. The van der Waals surface area contributed by atoms with Gasteiger partial charge in [-0.3, -0.25) is 9.69 Å². The summed E-state index contributed by atoms with van der Waals surface area (Å²) in [5.41, 5.74) is 2.04. The second kappa shape index (κ2) is 5.19. The summed E-state index contributed by atoms with van der Waals surface area (Å²) in [4.78, 5) is 20.2. The van der Waals surface area contributed by atoms with E-state index < -0.39 is 0 Å². The van der Waals surface area contributed by atoms with E-state index in [0.29, 0.717) is 0 Å². The van der Waals surface area contributed by atoms with Gasteiger partial charge in [-0.05, 0) is 45.0 Å². The van der Waals surface area contributed by atoms with Gasteiger partial charge in [-0.15, -0.1) is 0 Å². The van der Waals surface area contributed by atoms with Gasteiger partial charge in [-0.2, -0.15) is 0 Å². The maximum atomic E-state index is 12.6. The molecule has 1 saturated heterocycles. The van der Waals surface area contributed by atoms with Crippen LogP contribution in [0.5, 0.6) is 0 Å². The number of rotatable bonds is 1. The van der Waals surface area contributed by atoms with E-state index in [4.69, 9.17) is 0 Å². The van der Waals surface area contributed by atoms with Crippen LogP contribution in [-0.2, 0) is 0 Å². The highest BCUT2D eigenvalue weighted by molar-refractivity contribution is 5.98. The highest BCUT2D eigenvalue weighted by Gasteiger charge is 2.28. The molecule has 2 heterocycles. The van der Waals surface area contributed by atoms with Gasteiger partial charge in [0.05, 0.1) is 0 Å². The third-order valence-electron chi connectivity index (χ3n) is 4.32. The van der Waals surface area contributed by atoms with Gasteiger partial charge in [0.1, 0.15) is 0 Å². The van der Waals surface area contributed by atoms with E-state index in [1.807, 2.05) is 35.4 Å². The fourth-order valence-corrected chi connectivity index (χ4v) is 2.95. The Balaban J connectivity index is 1.71. The van der Waals surface area contributed by atoms with E-state index in [-0.39, 0.29) is 11.4 Å². The molecule has 112 valence electrons. The molecule has 0 atom stereocenters. The van der Waals surface area contributed by atoms with Crippen molar-refractivity contribution in [1.29, 1.82) is 0 Å². The van der Waals surface area contributed by atoms with Crippen molar-refractivity contribution in [2.75, 3.05) is 26.2 Å². The lowest BCUT2D eigenvalue weighted by Crippen LogP contribution is -2.54. The topological polar surface area (TPSA) is 39.3 Å². The molecule has 1 aliphatic heterocycles. The second-order valence-electron chi connectivity index (χ2n) is 6.73. The minimum absolute atomic E-state index is 0.145. The number of fused-ring (bicyclic) bond motifs is 1. The van der Waals surface area contributed by atoms with Crippen molar-refractivity contribution in [3.8, 4) is 0 Å². The van der Waals surface area contributed by atoms with Gasteiger partial charge in [0.2, 0.25) is 0 Å². The van der Waals surface area contributed by atoms with E-state index in [1.165, 1.54) is 0 Å². The first-order valence-corrected chi connectivity index (χ1v) is 7.56. The standard InChI is InChI=1S/C17H23N3O/c1-17(2,3)20-10-8-19(9-11-20)16(21)14-4-5-15-13(12-14)6-7-18-15/h4-7,12,18H,8-11H2,1-3H3. The number of hydrogen-bond donors (Lipinski definition) is 1. The molecule has 0 spiro atoms. The highest BCUT2D eigenvalue weighted by Crippen LogP contribution is 2.19. The molecule has 4 heteroatoms. The van der Waals surface area contributed by atoms with Crippen LogP contribution in [0.4, 0.5) is 0 Å². The number of carbonyl (C=O) groups is 1. The molecular formula is C17H23N3O. The normalized spacial score (nSPS) is 17.4. The molecule has 1 aliphatic rings. The van der Waals surface area contributed by atoms with E-state index in [1.54, 1.807) is 0 Å². The summed E-state index contributed by atoms with van der Waals surface area (Å²) in [5, 5.41) is 1.09.